The van der Waals surface area contributed by atoms with Gasteiger partial charge in [0.1, 0.15) is 5.75 Å². The van der Waals surface area contributed by atoms with E-state index in [0.717, 1.165) is 11.8 Å². The van der Waals surface area contributed by atoms with E-state index >= 15 is 0 Å². The first-order valence-corrected chi connectivity index (χ1v) is 5.70. The summed E-state index contributed by atoms with van der Waals surface area (Å²) in [5, 5.41) is 2.91. The summed E-state index contributed by atoms with van der Waals surface area (Å²) in [5.41, 5.74) is 0.917. The Morgan fingerprint density at radius 2 is 2.11 bits per heavy atom. The number of nitrogens with zero attached hydrogens (tertiary/aromatic N) is 2. The molecule has 0 saturated carbocycles. The summed E-state index contributed by atoms with van der Waals surface area (Å²) in [7, 11) is 0. The Morgan fingerprint density at radius 1 is 1.33 bits per heavy atom. The third kappa shape index (κ3) is 2.74. The van der Waals surface area contributed by atoms with E-state index in [1.807, 2.05) is 32.0 Å². The molecular weight excluding hydrogens is 233 g/mol. The number of hydrogen-bond donors (Lipinski definition) is 1. The van der Waals surface area contributed by atoms with Crippen molar-refractivity contribution in [1.29, 1.82) is 0 Å². The van der Waals surface area contributed by atoms with Crippen molar-refractivity contribution in [2.75, 3.05) is 11.9 Å². The van der Waals surface area contributed by atoms with Crippen molar-refractivity contribution in [2.45, 2.75) is 13.8 Å². The SMILES string of the molecule is CCNc1ncc(F)c(Oc2ccccc2C)n1. The van der Waals surface area contributed by atoms with Gasteiger partial charge in [-0.15, -0.1) is 0 Å². The fraction of sp³-hybridized carbons (Fsp3) is 0.231. The maximum Gasteiger partial charge on any atom is 0.260 e. The Kier molecular flexibility index (Phi) is 3.72. The molecule has 18 heavy (non-hydrogen) atoms. The third-order valence-electron chi connectivity index (χ3n) is 2.35. The summed E-state index contributed by atoms with van der Waals surface area (Å²) in [6, 6.07) is 7.37. The predicted molar refractivity (Wildman–Crippen MR) is 67.4 cm³/mol. The van der Waals surface area contributed by atoms with E-state index in [2.05, 4.69) is 15.3 Å². The van der Waals surface area contributed by atoms with E-state index in [1.54, 1.807) is 6.07 Å². The molecule has 1 aromatic heterocycles. The molecule has 0 atom stereocenters. The number of aromatic nitrogens is 2. The summed E-state index contributed by atoms with van der Waals surface area (Å²) < 4.78 is 19.0. The van der Waals surface area contributed by atoms with Crippen LogP contribution in [-0.4, -0.2) is 16.5 Å². The lowest BCUT2D eigenvalue weighted by atomic mass is 10.2. The van der Waals surface area contributed by atoms with Crippen molar-refractivity contribution in [2.24, 2.45) is 0 Å². The second-order valence-electron chi connectivity index (χ2n) is 3.74. The highest BCUT2D eigenvalue weighted by atomic mass is 19.1. The monoisotopic (exact) mass is 247 g/mol. The average molecular weight is 247 g/mol. The number of hydrogen-bond acceptors (Lipinski definition) is 4. The van der Waals surface area contributed by atoms with Crippen LogP contribution >= 0.6 is 0 Å². The van der Waals surface area contributed by atoms with E-state index in [1.165, 1.54) is 0 Å². The highest BCUT2D eigenvalue weighted by Gasteiger charge is 2.10. The molecule has 1 N–H and O–H groups in total. The number of nitrogens with one attached hydrogen (secondary N) is 1. The largest absolute Gasteiger partial charge is 0.436 e. The fourth-order valence-corrected chi connectivity index (χ4v) is 1.44. The molecule has 0 amide bonds. The van der Waals surface area contributed by atoms with E-state index < -0.39 is 5.82 Å². The topological polar surface area (TPSA) is 47.0 Å². The third-order valence-corrected chi connectivity index (χ3v) is 2.35. The van der Waals surface area contributed by atoms with E-state index in [0.29, 0.717) is 18.2 Å². The minimum Gasteiger partial charge on any atom is -0.436 e. The van der Waals surface area contributed by atoms with Gasteiger partial charge in [-0.25, -0.2) is 4.98 Å². The highest BCUT2D eigenvalue weighted by Crippen LogP contribution is 2.25. The van der Waals surface area contributed by atoms with Crippen LogP contribution in [0, 0.1) is 12.7 Å². The first-order chi connectivity index (χ1) is 8.70. The molecule has 2 rings (SSSR count). The standard InChI is InChI=1S/C13H14FN3O/c1-3-15-13-16-8-10(14)12(17-13)18-11-7-5-4-6-9(11)2/h4-8H,3H2,1-2H3,(H,15,16,17). The summed E-state index contributed by atoms with van der Waals surface area (Å²) >= 11 is 0. The molecule has 94 valence electrons. The van der Waals surface area contributed by atoms with Crippen LogP contribution in [0.4, 0.5) is 10.3 Å². The molecule has 0 spiro atoms. The van der Waals surface area contributed by atoms with E-state index in [4.69, 9.17) is 4.74 Å². The molecule has 1 heterocycles. The van der Waals surface area contributed by atoms with Crippen LogP contribution < -0.4 is 10.1 Å². The smallest absolute Gasteiger partial charge is 0.260 e. The average Bonchev–Trinajstić information content (AvgIpc) is 2.36. The Labute approximate surface area is 105 Å². The molecule has 0 radical (unpaired) electrons. The lowest BCUT2D eigenvalue weighted by molar-refractivity contribution is 0.418. The van der Waals surface area contributed by atoms with E-state index in [9.17, 15) is 4.39 Å². The molecule has 2 aromatic rings. The number of para-hydroxylation sites is 1. The minimum atomic E-state index is -0.583. The molecular formula is C13H14FN3O. The summed E-state index contributed by atoms with van der Waals surface area (Å²) in [6.07, 6.45) is 1.10. The quantitative estimate of drug-likeness (QED) is 0.901. The van der Waals surface area contributed by atoms with Gasteiger partial charge in [0.25, 0.3) is 5.88 Å². The maximum absolute atomic E-state index is 13.5. The van der Waals surface area contributed by atoms with Crippen molar-refractivity contribution in [3.63, 3.8) is 0 Å². The van der Waals surface area contributed by atoms with E-state index in [-0.39, 0.29) is 5.88 Å². The van der Waals surface area contributed by atoms with Gasteiger partial charge in [-0.3, -0.25) is 0 Å². The van der Waals surface area contributed by atoms with Crippen molar-refractivity contribution in [1.82, 2.24) is 9.97 Å². The number of anilines is 1. The fourth-order valence-electron chi connectivity index (χ4n) is 1.44. The van der Waals surface area contributed by atoms with Gasteiger partial charge in [-0.1, -0.05) is 18.2 Å². The second-order valence-corrected chi connectivity index (χ2v) is 3.74. The number of rotatable bonds is 4. The Hall–Kier alpha value is -2.17. The van der Waals surface area contributed by atoms with Crippen LogP contribution in [0.5, 0.6) is 11.6 Å². The van der Waals surface area contributed by atoms with Crippen LogP contribution in [0.1, 0.15) is 12.5 Å². The van der Waals surface area contributed by atoms with Crippen molar-refractivity contribution < 1.29 is 9.13 Å². The zero-order valence-corrected chi connectivity index (χ0v) is 10.3. The molecule has 0 unspecified atom stereocenters. The normalized spacial score (nSPS) is 10.2. The lowest BCUT2D eigenvalue weighted by Crippen LogP contribution is -2.04. The first kappa shape index (κ1) is 12.3. The van der Waals surface area contributed by atoms with Gasteiger partial charge in [0.15, 0.2) is 0 Å². The van der Waals surface area contributed by atoms with Crippen molar-refractivity contribution in [3.8, 4) is 11.6 Å². The van der Waals surface area contributed by atoms with Gasteiger partial charge in [-0.05, 0) is 25.5 Å². The molecule has 1 aromatic carbocycles. The Bertz CT molecular complexity index is 546. The highest BCUT2D eigenvalue weighted by molar-refractivity contribution is 5.36. The van der Waals surface area contributed by atoms with Crippen molar-refractivity contribution >= 4 is 5.95 Å². The van der Waals surface area contributed by atoms with Gasteiger partial charge in [0.2, 0.25) is 11.8 Å². The van der Waals surface area contributed by atoms with Gasteiger partial charge in [-0.2, -0.15) is 9.37 Å². The second kappa shape index (κ2) is 5.44. The van der Waals surface area contributed by atoms with Crippen LogP contribution in [0.3, 0.4) is 0 Å². The van der Waals surface area contributed by atoms with Crippen LogP contribution in [-0.2, 0) is 0 Å². The van der Waals surface area contributed by atoms with Gasteiger partial charge in [0.05, 0.1) is 6.20 Å². The summed E-state index contributed by atoms with van der Waals surface area (Å²) in [5.74, 6) is 0.273. The molecule has 0 fully saturated rings. The molecule has 0 bridgehead atoms. The zero-order valence-electron chi connectivity index (χ0n) is 10.3. The molecule has 0 aliphatic heterocycles. The summed E-state index contributed by atoms with van der Waals surface area (Å²) in [6.45, 7) is 4.46. The van der Waals surface area contributed by atoms with Crippen LogP contribution in [0.25, 0.3) is 0 Å². The molecule has 0 aliphatic carbocycles. The molecule has 5 heteroatoms. The number of ether oxygens (including phenoxy) is 1. The van der Waals surface area contributed by atoms with Crippen molar-refractivity contribution in [3.05, 3.63) is 41.8 Å². The minimum absolute atomic E-state index is 0.0738. The van der Waals surface area contributed by atoms with Gasteiger partial charge in [0, 0.05) is 6.54 Å². The zero-order chi connectivity index (χ0) is 13.0. The number of benzene rings is 1. The molecule has 4 nitrogen and oxygen atoms in total. The molecule has 0 aliphatic rings. The van der Waals surface area contributed by atoms with Crippen LogP contribution in [0.15, 0.2) is 30.5 Å². The maximum atomic E-state index is 13.5. The lowest BCUT2D eigenvalue weighted by Gasteiger charge is -2.09. The Balaban J connectivity index is 2.28. The number of aryl methyl sites for hydroxylation is 1. The van der Waals surface area contributed by atoms with Gasteiger partial charge >= 0.3 is 0 Å². The predicted octanol–water partition coefficient (Wildman–Crippen LogP) is 3.15. The molecule has 0 saturated heterocycles. The number of halogens is 1. The van der Waals surface area contributed by atoms with Crippen LogP contribution in [0.2, 0.25) is 0 Å². The summed E-state index contributed by atoms with van der Waals surface area (Å²) in [4.78, 5) is 7.79. The Morgan fingerprint density at radius 3 is 2.83 bits per heavy atom. The first-order valence-electron chi connectivity index (χ1n) is 5.70. The van der Waals surface area contributed by atoms with Gasteiger partial charge < -0.3 is 10.1 Å².